The number of sulfone groups is 2. The fraction of sp³-hybridized carbons (Fsp3) is 0.158. The van der Waals surface area contributed by atoms with Gasteiger partial charge in [0.1, 0.15) is 0 Å². The summed E-state index contributed by atoms with van der Waals surface area (Å²) in [4.78, 5) is 12.5. The molecule has 0 spiro atoms. The molecule has 0 aliphatic carbocycles. The normalized spacial score (nSPS) is 12.0. The van der Waals surface area contributed by atoms with Crippen molar-refractivity contribution in [2.75, 3.05) is 24.5 Å². The van der Waals surface area contributed by atoms with Gasteiger partial charge in [0.25, 0.3) is 0 Å². The Morgan fingerprint density at radius 3 is 1.97 bits per heavy atom. The molecule has 2 aromatic carbocycles. The Balaban J connectivity index is 2.14. The molecule has 0 radical (unpaired) electrons. The number of rotatable bonds is 6. The van der Waals surface area contributed by atoms with Gasteiger partial charge in [0.15, 0.2) is 24.7 Å². The molecule has 0 atom stereocenters. The lowest BCUT2D eigenvalue weighted by Gasteiger charge is -2.12. The van der Waals surface area contributed by atoms with Crippen LogP contribution in [0, 0.1) is 0 Å². The molecule has 1 heterocycles. The summed E-state index contributed by atoms with van der Waals surface area (Å²) in [6.45, 7) is 0. The summed E-state index contributed by atoms with van der Waals surface area (Å²) in [5.41, 5.74) is 2.35. The summed E-state index contributed by atoms with van der Waals surface area (Å²) in [6.07, 6.45) is 2.86. The zero-order valence-electron chi connectivity index (χ0n) is 16.0. The second kappa shape index (κ2) is 7.45. The summed E-state index contributed by atoms with van der Waals surface area (Å²) >= 11 is 0. The van der Waals surface area contributed by atoms with Crippen molar-refractivity contribution in [2.45, 2.75) is 9.92 Å². The summed E-state index contributed by atoms with van der Waals surface area (Å²) in [7, 11) is -5.29. The molecule has 0 saturated carbocycles. The lowest BCUT2D eigenvalue weighted by atomic mass is 10.1. The number of hydrogen-bond donors (Lipinski definition) is 0. The Morgan fingerprint density at radius 2 is 1.48 bits per heavy atom. The van der Waals surface area contributed by atoms with Gasteiger partial charge in [-0.05, 0) is 36.4 Å². The molecule has 3 aromatic rings. The number of benzene rings is 2. The minimum absolute atomic E-state index is 0.103. The van der Waals surface area contributed by atoms with Crippen LogP contribution in [0.25, 0.3) is 16.9 Å². The van der Waals surface area contributed by atoms with Crippen LogP contribution >= 0.6 is 0 Å². The van der Waals surface area contributed by atoms with Crippen molar-refractivity contribution in [3.8, 4) is 16.9 Å². The average molecular weight is 434 g/mol. The van der Waals surface area contributed by atoms with E-state index in [0.717, 1.165) is 12.5 Å². The first kappa shape index (κ1) is 20.7. The molecule has 10 heteroatoms. The molecule has 0 aliphatic heterocycles. The third kappa shape index (κ3) is 4.38. The quantitative estimate of drug-likeness (QED) is 0.550. The molecule has 152 valence electrons. The van der Waals surface area contributed by atoms with Crippen molar-refractivity contribution in [2.24, 2.45) is 0 Å². The largest absolute Gasteiger partial charge is 0.318 e. The van der Waals surface area contributed by atoms with Crippen molar-refractivity contribution in [3.05, 3.63) is 54.6 Å². The van der Waals surface area contributed by atoms with Crippen molar-refractivity contribution >= 4 is 31.8 Å². The highest BCUT2D eigenvalue weighted by Crippen LogP contribution is 2.27. The molecule has 1 aromatic heterocycles. The van der Waals surface area contributed by atoms with Crippen molar-refractivity contribution < 1.29 is 21.6 Å². The Kier molecular flexibility index (Phi) is 5.33. The van der Waals surface area contributed by atoms with E-state index in [1.54, 1.807) is 43.4 Å². The maximum atomic E-state index is 12.0. The van der Waals surface area contributed by atoms with E-state index in [4.69, 9.17) is 0 Å². The van der Waals surface area contributed by atoms with Crippen LogP contribution in [0.4, 0.5) is 5.69 Å². The van der Waals surface area contributed by atoms with E-state index in [9.17, 15) is 21.6 Å². The molecular weight excluding hydrogens is 414 g/mol. The van der Waals surface area contributed by atoms with Gasteiger partial charge in [-0.25, -0.2) is 21.5 Å². The van der Waals surface area contributed by atoms with E-state index in [0.29, 0.717) is 29.0 Å². The lowest BCUT2D eigenvalue weighted by Crippen LogP contribution is -2.13. The maximum Gasteiger partial charge on any atom is 0.213 e. The highest BCUT2D eigenvalue weighted by Gasteiger charge is 2.19. The number of amides is 1. The van der Waals surface area contributed by atoms with Gasteiger partial charge in [-0.3, -0.25) is 4.79 Å². The Morgan fingerprint density at radius 1 is 0.897 bits per heavy atom. The molecule has 0 saturated heterocycles. The summed E-state index contributed by atoms with van der Waals surface area (Å²) in [6, 6.07) is 14.4. The van der Waals surface area contributed by atoms with E-state index < -0.39 is 19.7 Å². The second-order valence-corrected chi connectivity index (χ2v) is 10.6. The van der Waals surface area contributed by atoms with Crippen LogP contribution < -0.4 is 4.90 Å². The van der Waals surface area contributed by atoms with E-state index in [1.165, 1.54) is 27.8 Å². The molecule has 0 aliphatic rings. The molecule has 1 amide bonds. The minimum Gasteiger partial charge on any atom is -0.318 e. The summed E-state index contributed by atoms with van der Waals surface area (Å²) in [5, 5.41) is 4.12. The average Bonchev–Trinajstić information content (AvgIpc) is 3.13. The first-order valence-electron chi connectivity index (χ1n) is 8.40. The Hall–Kier alpha value is -2.98. The standard InChI is InChI=1S/C19H19N3O5S2/c1-21(13-23)15-6-8-16(9-7-15)22-18(12-19(20-22)29(3,26)27)14-4-10-17(11-5-14)28(2,24)25/h4-13H,1-3H3. The molecule has 0 unspecified atom stereocenters. The molecule has 0 fully saturated rings. The fourth-order valence-corrected chi connectivity index (χ4v) is 3.89. The second-order valence-electron chi connectivity index (χ2n) is 6.58. The number of aromatic nitrogens is 2. The van der Waals surface area contributed by atoms with Crippen LogP contribution in [0.15, 0.2) is 64.5 Å². The predicted molar refractivity (Wildman–Crippen MR) is 110 cm³/mol. The third-order valence-corrected chi connectivity index (χ3v) is 6.39. The molecule has 8 nitrogen and oxygen atoms in total. The van der Waals surface area contributed by atoms with Gasteiger partial charge in [0, 0.05) is 36.9 Å². The number of anilines is 1. The number of carbonyl (C=O) groups is 1. The van der Waals surface area contributed by atoms with Gasteiger partial charge in [-0.1, -0.05) is 12.1 Å². The number of hydrogen-bond acceptors (Lipinski definition) is 6. The van der Waals surface area contributed by atoms with Crippen LogP contribution in [0.5, 0.6) is 0 Å². The highest BCUT2D eigenvalue weighted by molar-refractivity contribution is 7.91. The maximum absolute atomic E-state index is 12.0. The summed E-state index contributed by atoms with van der Waals surface area (Å²) in [5.74, 6) is 0. The van der Waals surface area contributed by atoms with Crippen molar-refractivity contribution in [1.29, 1.82) is 0 Å². The topological polar surface area (TPSA) is 106 Å². The van der Waals surface area contributed by atoms with Crippen molar-refractivity contribution in [3.63, 3.8) is 0 Å². The van der Waals surface area contributed by atoms with Crippen LogP contribution in [-0.4, -0.2) is 52.6 Å². The predicted octanol–water partition coefficient (Wildman–Crippen LogP) is 1.94. The Labute approximate surface area is 169 Å². The molecule has 3 rings (SSSR count). The Bertz CT molecular complexity index is 1260. The van der Waals surface area contributed by atoms with E-state index >= 15 is 0 Å². The number of nitrogens with zero attached hydrogens (tertiary/aromatic N) is 3. The van der Waals surface area contributed by atoms with E-state index in [2.05, 4.69) is 5.10 Å². The van der Waals surface area contributed by atoms with Crippen LogP contribution in [0.1, 0.15) is 0 Å². The van der Waals surface area contributed by atoms with Crippen LogP contribution in [0.3, 0.4) is 0 Å². The van der Waals surface area contributed by atoms with E-state index in [-0.39, 0.29) is 9.92 Å². The number of carbonyl (C=O) groups excluding carboxylic acids is 1. The smallest absolute Gasteiger partial charge is 0.213 e. The van der Waals surface area contributed by atoms with Gasteiger partial charge in [0.2, 0.25) is 6.41 Å². The molecular formula is C19H19N3O5S2. The van der Waals surface area contributed by atoms with Gasteiger partial charge in [-0.15, -0.1) is 0 Å². The first-order valence-corrected chi connectivity index (χ1v) is 12.2. The van der Waals surface area contributed by atoms with E-state index in [1.807, 2.05) is 0 Å². The van der Waals surface area contributed by atoms with Gasteiger partial charge in [-0.2, -0.15) is 5.10 Å². The first-order chi connectivity index (χ1) is 13.5. The third-order valence-electron chi connectivity index (χ3n) is 4.30. The van der Waals surface area contributed by atoms with Gasteiger partial charge < -0.3 is 4.90 Å². The summed E-state index contributed by atoms with van der Waals surface area (Å²) < 4.78 is 48.9. The molecule has 29 heavy (non-hydrogen) atoms. The lowest BCUT2D eigenvalue weighted by molar-refractivity contribution is -0.107. The van der Waals surface area contributed by atoms with Gasteiger partial charge in [0.05, 0.1) is 16.3 Å². The monoisotopic (exact) mass is 433 g/mol. The van der Waals surface area contributed by atoms with Gasteiger partial charge >= 0.3 is 0 Å². The van der Waals surface area contributed by atoms with Crippen LogP contribution in [-0.2, 0) is 24.5 Å². The zero-order chi connectivity index (χ0) is 21.4. The molecule has 0 N–H and O–H groups in total. The van der Waals surface area contributed by atoms with Crippen molar-refractivity contribution in [1.82, 2.24) is 9.78 Å². The highest BCUT2D eigenvalue weighted by atomic mass is 32.2. The van der Waals surface area contributed by atoms with Crippen LogP contribution in [0.2, 0.25) is 0 Å². The zero-order valence-corrected chi connectivity index (χ0v) is 17.6. The molecule has 0 bridgehead atoms. The minimum atomic E-state index is -3.56. The fourth-order valence-electron chi connectivity index (χ4n) is 2.71. The SMILES string of the molecule is CN(C=O)c1ccc(-n2nc(S(C)(=O)=O)cc2-c2ccc(S(C)(=O)=O)cc2)cc1.